The minimum absolute atomic E-state index is 0.136. The summed E-state index contributed by atoms with van der Waals surface area (Å²) in [4.78, 5) is 42.6. The van der Waals surface area contributed by atoms with Gasteiger partial charge in [0.1, 0.15) is 0 Å². The Hall–Kier alpha value is -3.26. The third kappa shape index (κ3) is 3.97. The number of H-pyrrole nitrogens is 1. The molecule has 1 atom stereocenters. The van der Waals surface area contributed by atoms with Gasteiger partial charge in [0.15, 0.2) is 5.58 Å². The highest BCUT2D eigenvalue weighted by Crippen LogP contribution is 2.22. The molecule has 2 heterocycles. The molecule has 29 heavy (non-hydrogen) atoms. The first-order valence-corrected chi connectivity index (χ1v) is 9.54. The summed E-state index contributed by atoms with van der Waals surface area (Å²) < 4.78 is 4.97. The monoisotopic (exact) mass is 414 g/mol. The number of aromatic nitrogens is 1. The SMILES string of the molecule is C[C@H]1CN(c2ccc(Cl)cc2)CCN1C(=O)C(=O)Nc1ccc2[nH]c(=O)oc2c1. The number of rotatable bonds is 2. The summed E-state index contributed by atoms with van der Waals surface area (Å²) in [6, 6.07) is 12.1. The number of amides is 2. The maximum Gasteiger partial charge on any atom is 0.417 e. The molecule has 3 aromatic rings. The summed E-state index contributed by atoms with van der Waals surface area (Å²) >= 11 is 5.94. The molecule has 0 radical (unpaired) electrons. The summed E-state index contributed by atoms with van der Waals surface area (Å²) in [5.74, 6) is -1.90. The van der Waals surface area contributed by atoms with Crippen molar-refractivity contribution >= 4 is 45.9 Å². The van der Waals surface area contributed by atoms with Crippen molar-refractivity contribution < 1.29 is 14.0 Å². The minimum atomic E-state index is -0.728. The molecule has 0 spiro atoms. The minimum Gasteiger partial charge on any atom is -0.408 e. The third-order valence-electron chi connectivity index (χ3n) is 4.95. The number of hydrogen-bond donors (Lipinski definition) is 2. The Labute approximate surface area is 171 Å². The summed E-state index contributed by atoms with van der Waals surface area (Å²) in [7, 11) is 0. The number of aromatic amines is 1. The summed E-state index contributed by atoms with van der Waals surface area (Å²) in [5, 5.41) is 3.25. The number of halogens is 1. The van der Waals surface area contributed by atoms with E-state index in [1.165, 1.54) is 6.07 Å². The molecule has 0 bridgehead atoms. The number of carbonyl (C=O) groups is 2. The fourth-order valence-electron chi connectivity index (χ4n) is 3.48. The Kier molecular flexibility index (Phi) is 5.02. The molecule has 0 saturated carbocycles. The standard InChI is InChI=1S/C20H19ClN4O4/c1-12-11-24(15-5-2-13(21)3-6-15)8-9-25(12)19(27)18(26)22-14-4-7-16-17(10-14)29-20(28)23-16/h2-7,10,12H,8-9,11H2,1H3,(H,22,26)(H,23,28)/t12-/m0/s1. The Morgan fingerprint density at radius 2 is 1.93 bits per heavy atom. The zero-order valence-corrected chi connectivity index (χ0v) is 16.4. The van der Waals surface area contributed by atoms with Gasteiger partial charge in [-0.3, -0.25) is 14.6 Å². The van der Waals surface area contributed by atoms with Gasteiger partial charge in [0.05, 0.1) is 5.52 Å². The topological polar surface area (TPSA) is 98.6 Å². The number of oxazole rings is 1. The molecule has 0 unspecified atom stereocenters. The molecule has 1 aromatic heterocycles. The van der Waals surface area contributed by atoms with Crippen molar-refractivity contribution in [3.63, 3.8) is 0 Å². The van der Waals surface area contributed by atoms with Crippen molar-refractivity contribution in [2.24, 2.45) is 0 Å². The second kappa shape index (κ2) is 7.63. The van der Waals surface area contributed by atoms with Crippen LogP contribution in [-0.4, -0.2) is 47.4 Å². The molecule has 1 saturated heterocycles. The van der Waals surface area contributed by atoms with E-state index in [4.69, 9.17) is 16.0 Å². The molecular formula is C20H19ClN4O4. The lowest BCUT2D eigenvalue weighted by Gasteiger charge is -2.40. The number of anilines is 2. The lowest BCUT2D eigenvalue weighted by molar-refractivity contribution is -0.144. The number of fused-ring (bicyclic) bond motifs is 1. The van der Waals surface area contributed by atoms with Crippen molar-refractivity contribution in [2.45, 2.75) is 13.0 Å². The van der Waals surface area contributed by atoms with E-state index in [1.54, 1.807) is 17.0 Å². The maximum absolute atomic E-state index is 12.7. The quantitative estimate of drug-likeness (QED) is 0.627. The van der Waals surface area contributed by atoms with Gasteiger partial charge >= 0.3 is 17.6 Å². The van der Waals surface area contributed by atoms with Gasteiger partial charge in [0.2, 0.25) is 0 Å². The largest absolute Gasteiger partial charge is 0.417 e. The predicted molar refractivity (Wildman–Crippen MR) is 110 cm³/mol. The van der Waals surface area contributed by atoms with Crippen molar-refractivity contribution in [3.8, 4) is 0 Å². The molecule has 1 fully saturated rings. The number of carbonyl (C=O) groups excluding carboxylic acids is 2. The van der Waals surface area contributed by atoms with Gasteiger partial charge in [-0.15, -0.1) is 0 Å². The van der Waals surface area contributed by atoms with E-state index >= 15 is 0 Å². The molecule has 4 rings (SSSR count). The van der Waals surface area contributed by atoms with Gasteiger partial charge < -0.3 is 19.5 Å². The van der Waals surface area contributed by atoms with Crippen LogP contribution in [0.25, 0.3) is 11.1 Å². The lowest BCUT2D eigenvalue weighted by atomic mass is 10.1. The van der Waals surface area contributed by atoms with Crippen LogP contribution in [0.15, 0.2) is 51.7 Å². The molecule has 2 amide bonds. The molecule has 8 nitrogen and oxygen atoms in total. The molecule has 1 aliphatic rings. The Balaban J connectivity index is 1.41. The normalized spacial score (nSPS) is 16.8. The first kappa shape index (κ1) is 19.1. The average Bonchev–Trinajstić information content (AvgIpc) is 3.07. The van der Waals surface area contributed by atoms with Gasteiger partial charge in [0.25, 0.3) is 0 Å². The Morgan fingerprint density at radius 1 is 1.17 bits per heavy atom. The van der Waals surface area contributed by atoms with Crippen LogP contribution in [0.2, 0.25) is 5.02 Å². The highest BCUT2D eigenvalue weighted by molar-refractivity contribution is 6.39. The van der Waals surface area contributed by atoms with Crippen LogP contribution in [-0.2, 0) is 9.59 Å². The van der Waals surface area contributed by atoms with E-state index in [-0.39, 0.29) is 6.04 Å². The van der Waals surface area contributed by atoms with E-state index in [1.807, 2.05) is 31.2 Å². The first-order valence-electron chi connectivity index (χ1n) is 9.16. The van der Waals surface area contributed by atoms with Gasteiger partial charge in [0, 0.05) is 48.1 Å². The smallest absolute Gasteiger partial charge is 0.408 e. The second-order valence-electron chi connectivity index (χ2n) is 6.95. The van der Waals surface area contributed by atoms with Crippen LogP contribution in [0.5, 0.6) is 0 Å². The lowest BCUT2D eigenvalue weighted by Crippen LogP contribution is -2.56. The zero-order chi connectivity index (χ0) is 20.5. The van der Waals surface area contributed by atoms with Crippen LogP contribution in [0.3, 0.4) is 0 Å². The maximum atomic E-state index is 12.7. The van der Waals surface area contributed by atoms with E-state index in [0.29, 0.717) is 41.4 Å². The fraction of sp³-hybridized carbons (Fsp3) is 0.250. The molecule has 2 N–H and O–H groups in total. The van der Waals surface area contributed by atoms with E-state index < -0.39 is 17.6 Å². The fourth-order valence-corrected chi connectivity index (χ4v) is 3.61. The average molecular weight is 415 g/mol. The van der Waals surface area contributed by atoms with E-state index in [9.17, 15) is 14.4 Å². The highest BCUT2D eigenvalue weighted by atomic mass is 35.5. The third-order valence-corrected chi connectivity index (χ3v) is 5.21. The number of hydrogen-bond acceptors (Lipinski definition) is 5. The van der Waals surface area contributed by atoms with Crippen LogP contribution < -0.4 is 16.0 Å². The van der Waals surface area contributed by atoms with Crippen LogP contribution in [0, 0.1) is 0 Å². The molecule has 150 valence electrons. The van der Waals surface area contributed by atoms with Crippen molar-refractivity contribution in [1.29, 1.82) is 0 Å². The first-order chi connectivity index (χ1) is 13.9. The number of benzene rings is 2. The Morgan fingerprint density at radius 3 is 2.66 bits per heavy atom. The van der Waals surface area contributed by atoms with Gasteiger partial charge in [-0.2, -0.15) is 0 Å². The van der Waals surface area contributed by atoms with Crippen molar-refractivity contribution in [2.75, 3.05) is 29.9 Å². The van der Waals surface area contributed by atoms with Gasteiger partial charge in [-0.05, 0) is 43.3 Å². The molecule has 9 heteroatoms. The predicted octanol–water partition coefficient (Wildman–Crippen LogP) is 2.45. The molecular weight excluding hydrogens is 396 g/mol. The number of nitrogens with one attached hydrogen (secondary N) is 2. The zero-order valence-electron chi connectivity index (χ0n) is 15.6. The van der Waals surface area contributed by atoms with Gasteiger partial charge in [-0.1, -0.05) is 11.6 Å². The summed E-state index contributed by atoms with van der Waals surface area (Å²) in [5.41, 5.74) is 2.24. The van der Waals surface area contributed by atoms with E-state index in [0.717, 1.165) is 5.69 Å². The van der Waals surface area contributed by atoms with Crippen LogP contribution in [0.1, 0.15) is 6.92 Å². The van der Waals surface area contributed by atoms with Crippen LogP contribution in [0.4, 0.5) is 11.4 Å². The molecule has 0 aliphatic carbocycles. The summed E-state index contributed by atoms with van der Waals surface area (Å²) in [6.07, 6.45) is 0. The van der Waals surface area contributed by atoms with Gasteiger partial charge in [-0.25, -0.2) is 4.79 Å². The van der Waals surface area contributed by atoms with E-state index in [2.05, 4.69) is 15.2 Å². The number of piperazine rings is 1. The van der Waals surface area contributed by atoms with Crippen molar-refractivity contribution in [1.82, 2.24) is 9.88 Å². The summed E-state index contributed by atoms with van der Waals surface area (Å²) in [6.45, 7) is 3.57. The number of nitrogens with zero attached hydrogens (tertiary/aromatic N) is 2. The van der Waals surface area contributed by atoms with Crippen molar-refractivity contribution in [3.05, 3.63) is 58.0 Å². The Bertz CT molecular complexity index is 1120. The second-order valence-corrected chi connectivity index (χ2v) is 7.39. The molecule has 2 aromatic carbocycles. The highest BCUT2D eigenvalue weighted by Gasteiger charge is 2.31. The van der Waals surface area contributed by atoms with Crippen LogP contribution >= 0.6 is 11.6 Å². The molecule has 1 aliphatic heterocycles.